The number of aryl methyl sites for hydroxylation is 2. The first-order chi connectivity index (χ1) is 8.63. The minimum atomic E-state index is -0.625. The van der Waals surface area contributed by atoms with Crippen LogP contribution in [0.25, 0.3) is 0 Å². The van der Waals surface area contributed by atoms with Crippen molar-refractivity contribution in [3.63, 3.8) is 0 Å². The van der Waals surface area contributed by atoms with Gasteiger partial charge in [-0.25, -0.2) is 0 Å². The number of rotatable bonds is 3. The molecule has 1 saturated heterocycles. The van der Waals surface area contributed by atoms with Gasteiger partial charge in [-0.3, -0.25) is 4.79 Å². The van der Waals surface area contributed by atoms with Crippen molar-refractivity contribution >= 4 is 5.91 Å². The Morgan fingerprint density at radius 3 is 2.67 bits per heavy atom. The van der Waals surface area contributed by atoms with Crippen molar-refractivity contribution in [3.8, 4) is 6.07 Å². The minimum Gasteiger partial charge on any atom is -0.361 e. The van der Waals surface area contributed by atoms with Crippen LogP contribution >= 0.6 is 0 Å². The molecule has 5 nitrogen and oxygen atoms in total. The molecule has 96 valence electrons. The predicted octanol–water partition coefficient (Wildman–Crippen LogP) is 1.60. The van der Waals surface area contributed by atoms with Crippen LogP contribution in [0.4, 0.5) is 0 Å². The van der Waals surface area contributed by atoms with Crippen molar-refractivity contribution < 1.29 is 9.32 Å². The molecule has 1 unspecified atom stereocenters. The van der Waals surface area contributed by atoms with Crippen LogP contribution in [-0.4, -0.2) is 29.1 Å². The first-order valence-electron chi connectivity index (χ1n) is 6.23. The summed E-state index contributed by atoms with van der Waals surface area (Å²) in [5.74, 6) is 0.0110. The molecule has 1 amide bonds. The van der Waals surface area contributed by atoms with Crippen LogP contribution < -0.4 is 0 Å². The average Bonchev–Trinajstić information content (AvgIpc) is 2.98. The number of nitriles is 1. The van der Waals surface area contributed by atoms with Gasteiger partial charge in [0.2, 0.25) is 5.91 Å². The van der Waals surface area contributed by atoms with Crippen molar-refractivity contribution in [3.05, 3.63) is 17.0 Å². The van der Waals surface area contributed by atoms with E-state index in [1.807, 2.05) is 13.8 Å². The average molecular weight is 247 g/mol. The van der Waals surface area contributed by atoms with Crippen molar-refractivity contribution in [1.82, 2.24) is 10.1 Å². The second kappa shape index (κ2) is 5.21. The Balaban J connectivity index is 2.10. The molecule has 0 radical (unpaired) electrons. The SMILES string of the molecule is Cc1noc(C)c1CC(C#N)C(=O)N1CCCC1. The maximum absolute atomic E-state index is 12.2. The standard InChI is InChI=1S/C13H17N3O2/c1-9-12(10(2)18-15-9)7-11(8-14)13(17)16-5-3-4-6-16/h11H,3-7H2,1-2H3. The van der Waals surface area contributed by atoms with Gasteiger partial charge in [-0.2, -0.15) is 5.26 Å². The molecule has 0 aliphatic carbocycles. The van der Waals surface area contributed by atoms with Gasteiger partial charge in [0.05, 0.1) is 11.8 Å². The van der Waals surface area contributed by atoms with Gasteiger partial charge in [0.15, 0.2) is 0 Å². The molecule has 18 heavy (non-hydrogen) atoms. The molecular weight excluding hydrogens is 230 g/mol. The van der Waals surface area contributed by atoms with E-state index >= 15 is 0 Å². The summed E-state index contributed by atoms with van der Waals surface area (Å²) >= 11 is 0. The van der Waals surface area contributed by atoms with Crippen molar-refractivity contribution in [2.45, 2.75) is 33.1 Å². The maximum Gasteiger partial charge on any atom is 0.240 e. The number of carbonyl (C=O) groups excluding carboxylic acids is 1. The fourth-order valence-corrected chi connectivity index (χ4v) is 2.34. The predicted molar refractivity (Wildman–Crippen MR) is 64.6 cm³/mol. The van der Waals surface area contributed by atoms with Crippen LogP contribution in [0.5, 0.6) is 0 Å². The lowest BCUT2D eigenvalue weighted by Gasteiger charge is -2.18. The monoisotopic (exact) mass is 247 g/mol. The Morgan fingerprint density at radius 2 is 2.17 bits per heavy atom. The third-order valence-corrected chi connectivity index (χ3v) is 3.46. The van der Waals surface area contributed by atoms with Crippen molar-refractivity contribution in [2.75, 3.05) is 13.1 Å². The Labute approximate surface area is 106 Å². The van der Waals surface area contributed by atoms with Gasteiger partial charge in [0.25, 0.3) is 0 Å². The van der Waals surface area contributed by atoms with E-state index in [0.717, 1.165) is 37.2 Å². The van der Waals surface area contributed by atoms with Crippen molar-refractivity contribution in [1.29, 1.82) is 5.26 Å². The molecule has 0 saturated carbocycles. The fraction of sp³-hybridized carbons (Fsp3) is 0.615. The minimum absolute atomic E-state index is 0.0602. The van der Waals surface area contributed by atoms with E-state index in [4.69, 9.17) is 4.52 Å². The van der Waals surface area contributed by atoms with Crippen LogP contribution in [0.3, 0.4) is 0 Å². The van der Waals surface area contributed by atoms with Gasteiger partial charge >= 0.3 is 0 Å². The number of amides is 1. The molecule has 1 aromatic rings. The van der Waals surface area contributed by atoms with Crippen LogP contribution in [0.1, 0.15) is 29.9 Å². The molecule has 1 aliphatic heterocycles. The summed E-state index contributed by atoms with van der Waals surface area (Å²) in [6.07, 6.45) is 2.47. The molecule has 1 aromatic heterocycles. The lowest BCUT2D eigenvalue weighted by molar-refractivity contribution is -0.132. The summed E-state index contributed by atoms with van der Waals surface area (Å²) in [7, 11) is 0. The Hall–Kier alpha value is -1.83. The van der Waals surface area contributed by atoms with E-state index in [1.54, 1.807) is 4.90 Å². The van der Waals surface area contributed by atoms with Gasteiger partial charge < -0.3 is 9.42 Å². The lowest BCUT2D eigenvalue weighted by Crippen LogP contribution is -2.34. The van der Waals surface area contributed by atoms with E-state index in [2.05, 4.69) is 11.2 Å². The van der Waals surface area contributed by atoms with E-state index in [-0.39, 0.29) is 5.91 Å². The highest BCUT2D eigenvalue weighted by Crippen LogP contribution is 2.20. The van der Waals surface area contributed by atoms with Crippen molar-refractivity contribution in [2.24, 2.45) is 5.92 Å². The lowest BCUT2D eigenvalue weighted by atomic mass is 9.98. The van der Waals surface area contributed by atoms with Crippen LogP contribution in [0.2, 0.25) is 0 Å². The fourth-order valence-electron chi connectivity index (χ4n) is 2.34. The van der Waals surface area contributed by atoms with Gasteiger partial charge in [-0.15, -0.1) is 0 Å². The molecule has 1 aliphatic rings. The van der Waals surface area contributed by atoms with Gasteiger partial charge in [-0.05, 0) is 26.7 Å². The summed E-state index contributed by atoms with van der Waals surface area (Å²) in [5.41, 5.74) is 1.65. The highest BCUT2D eigenvalue weighted by atomic mass is 16.5. The third kappa shape index (κ3) is 2.37. The molecule has 0 N–H and O–H groups in total. The smallest absolute Gasteiger partial charge is 0.240 e. The zero-order valence-electron chi connectivity index (χ0n) is 10.8. The number of carbonyl (C=O) groups is 1. The van der Waals surface area contributed by atoms with Gasteiger partial charge in [0.1, 0.15) is 11.7 Å². The Kier molecular flexibility index (Phi) is 3.66. The quantitative estimate of drug-likeness (QED) is 0.813. The van der Waals surface area contributed by atoms with Crippen LogP contribution in [0, 0.1) is 31.1 Å². The first kappa shape index (κ1) is 12.6. The highest BCUT2D eigenvalue weighted by Gasteiger charge is 2.28. The summed E-state index contributed by atoms with van der Waals surface area (Å²) in [6.45, 7) is 5.20. The Morgan fingerprint density at radius 1 is 1.50 bits per heavy atom. The van der Waals surface area contributed by atoms with E-state index in [9.17, 15) is 10.1 Å². The van der Waals surface area contributed by atoms with E-state index in [0.29, 0.717) is 12.2 Å². The first-order valence-corrected chi connectivity index (χ1v) is 6.23. The maximum atomic E-state index is 12.2. The molecular formula is C13H17N3O2. The summed E-state index contributed by atoms with van der Waals surface area (Å²) in [5, 5.41) is 13.0. The summed E-state index contributed by atoms with van der Waals surface area (Å²) in [6, 6.07) is 2.11. The second-order valence-electron chi connectivity index (χ2n) is 4.72. The second-order valence-corrected chi connectivity index (χ2v) is 4.72. The zero-order chi connectivity index (χ0) is 13.1. The Bertz CT molecular complexity index is 461. The van der Waals surface area contributed by atoms with Gasteiger partial charge in [0, 0.05) is 25.1 Å². The number of likely N-dealkylation sites (tertiary alicyclic amines) is 1. The zero-order valence-corrected chi connectivity index (χ0v) is 10.8. The van der Waals surface area contributed by atoms with Crippen LogP contribution in [-0.2, 0) is 11.2 Å². The summed E-state index contributed by atoms with van der Waals surface area (Å²) < 4.78 is 5.06. The molecule has 2 rings (SSSR count). The van der Waals surface area contributed by atoms with E-state index < -0.39 is 5.92 Å². The normalized spacial score (nSPS) is 16.6. The van der Waals surface area contributed by atoms with Crippen LogP contribution in [0.15, 0.2) is 4.52 Å². The number of hydrogen-bond donors (Lipinski definition) is 0. The molecule has 1 fully saturated rings. The number of hydrogen-bond acceptors (Lipinski definition) is 4. The molecule has 0 spiro atoms. The highest BCUT2D eigenvalue weighted by molar-refractivity contribution is 5.81. The molecule has 1 atom stereocenters. The number of nitrogens with zero attached hydrogens (tertiary/aromatic N) is 3. The van der Waals surface area contributed by atoms with E-state index in [1.165, 1.54) is 0 Å². The third-order valence-electron chi connectivity index (χ3n) is 3.46. The number of aromatic nitrogens is 1. The largest absolute Gasteiger partial charge is 0.361 e. The molecule has 0 bridgehead atoms. The van der Waals surface area contributed by atoms with Gasteiger partial charge in [-0.1, -0.05) is 5.16 Å². The molecule has 0 aromatic carbocycles. The molecule has 2 heterocycles. The topological polar surface area (TPSA) is 70.1 Å². The molecule has 5 heteroatoms. The summed E-state index contributed by atoms with van der Waals surface area (Å²) in [4.78, 5) is 14.0.